The molecule has 2 aromatic carbocycles. The molecule has 1 fully saturated rings. The predicted octanol–water partition coefficient (Wildman–Crippen LogP) is 4.21. The third-order valence-corrected chi connectivity index (χ3v) is 5.21. The summed E-state index contributed by atoms with van der Waals surface area (Å²) in [5, 5.41) is 1.51. The Balaban J connectivity index is 1.50. The van der Waals surface area contributed by atoms with E-state index in [0.29, 0.717) is 18.0 Å². The molecule has 0 spiro atoms. The summed E-state index contributed by atoms with van der Waals surface area (Å²) in [5.74, 6) is 1.63. The molecule has 1 aliphatic carbocycles. The lowest BCUT2D eigenvalue weighted by Crippen LogP contribution is -2.22. The van der Waals surface area contributed by atoms with Gasteiger partial charge in [0.1, 0.15) is 5.75 Å². The predicted molar refractivity (Wildman–Crippen MR) is 102 cm³/mol. The summed E-state index contributed by atoms with van der Waals surface area (Å²) in [4.78, 5) is 17.5. The number of ether oxygens (including phenoxy) is 1. The van der Waals surface area contributed by atoms with Crippen molar-refractivity contribution in [3.05, 3.63) is 64.4 Å². The molecular weight excluding hydrogens is 332 g/mol. The SMILES string of the molecule is Cc1ccc(OCCSc2nc3ccccc3c(=O)n2C2CC2)cc1. The second-order valence-corrected chi connectivity index (χ2v) is 7.39. The smallest absolute Gasteiger partial charge is 0.262 e. The van der Waals surface area contributed by atoms with Crippen LogP contribution in [0.5, 0.6) is 5.75 Å². The van der Waals surface area contributed by atoms with E-state index in [0.717, 1.165) is 35.0 Å². The topological polar surface area (TPSA) is 44.1 Å². The lowest BCUT2D eigenvalue weighted by molar-refractivity contribution is 0.343. The molecule has 0 unspecified atom stereocenters. The molecule has 0 radical (unpaired) electrons. The minimum Gasteiger partial charge on any atom is -0.493 e. The molecule has 3 aromatic rings. The Morgan fingerprint density at radius 3 is 2.68 bits per heavy atom. The Kier molecular flexibility index (Phi) is 4.49. The van der Waals surface area contributed by atoms with Gasteiger partial charge in [-0.2, -0.15) is 0 Å². The molecule has 1 aliphatic rings. The summed E-state index contributed by atoms with van der Waals surface area (Å²) < 4.78 is 7.65. The van der Waals surface area contributed by atoms with E-state index in [2.05, 4.69) is 6.92 Å². The Labute approximate surface area is 150 Å². The van der Waals surface area contributed by atoms with E-state index < -0.39 is 0 Å². The molecule has 4 nitrogen and oxygen atoms in total. The minimum atomic E-state index is 0.0788. The molecule has 0 N–H and O–H groups in total. The first-order valence-electron chi connectivity index (χ1n) is 8.56. The summed E-state index contributed by atoms with van der Waals surface area (Å²) in [6.45, 7) is 2.64. The first kappa shape index (κ1) is 16.2. The molecule has 1 saturated carbocycles. The van der Waals surface area contributed by atoms with Gasteiger partial charge in [-0.25, -0.2) is 4.98 Å². The van der Waals surface area contributed by atoms with Crippen LogP contribution in [0.15, 0.2) is 58.5 Å². The van der Waals surface area contributed by atoms with Crippen molar-refractivity contribution in [2.45, 2.75) is 31.0 Å². The van der Waals surface area contributed by atoms with Crippen LogP contribution >= 0.6 is 11.8 Å². The van der Waals surface area contributed by atoms with Crippen molar-refractivity contribution in [1.82, 2.24) is 9.55 Å². The van der Waals surface area contributed by atoms with Gasteiger partial charge in [0.2, 0.25) is 0 Å². The fraction of sp³-hybridized carbons (Fsp3) is 0.300. The van der Waals surface area contributed by atoms with E-state index in [4.69, 9.17) is 9.72 Å². The van der Waals surface area contributed by atoms with E-state index in [1.807, 2.05) is 53.1 Å². The quantitative estimate of drug-likeness (QED) is 0.379. The monoisotopic (exact) mass is 352 g/mol. The molecule has 1 heterocycles. The molecular formula is C20H20N2O2S. The normalized spacial score (nSPS) is 14.0. The van der Waals surface area contributed by atoms with Crippen molar-refractivity contribution >= 4 is 22.7 Å². The highest BCUT2D eigenvalue weighted by Crippen LogP contribution is 2.36. The van der Waals surface area contributed by atoms with Crippen LogP contribution in [0, 0.1) is 6.92 Å². The number of hydrogen-bond acceptors (Lipinski definition) is 4. The Hall–Kier alpha value is -2.27. The van der Waals surface area contributed by atoms with Gasteiger partial charge in [-0.3, -0.25) is 9.36 Å². The van der Waals surface area contributed by atoms with E-state index in [9.17, 15) is 4.79 Å². The molecule has 0 bridgehead atoms. The van der Waals surface area contributed by atoms with Gasteiger partial charge in [-0.15, -0.1) is 0 Å². The van der Waals surface area contributed by atoms with Crippen molar-refractivity contribution in [3.8, 4) is 5.75 Å². The molecule has 128 valence electrons. The number of aromatic nitrogens is 2. The maximum absolute atomic E-state index is 12.8. The molecule has 0 atom stereocenters. The largest absolute Gasteiger partial charge is 0.493 e. The zero-order valence-corrected chi connectivity index (χ0v) is 15.0. The van der Waals surface area contributed by atoms with E-state index in [1.54, 1.807) is 11.8 Å². The zero-order valence-electron chi connectivity index (χ0n) is 14.1. The number of nitrogens with zero attached hydrogens (tertiary/aromatic N) is 2. The van der Waals surface area contributed by atoms with Gasteiger partial charge in [-0.1, -0.05) is 41.6 Å². The Morgan fingerprint density at radius 1 is 1.16 bits per heavy atom. The number of fused-ring (bicyclic) bond motifs is 1. The van der Waals surface area contributed by atoms with Gasteiger partial charge in [-0.05, 0) is 44.0 Å². The number of rotatable bonds is 6. The van der Waals surface area contributed by atoms with Gasteiger partial charge in [0.25, 0.3) is 5.56 Å². The van der Waals surface area contributed by atoms with Crippen molar-refractivity contribution in [2.24, 2.45) is 0 Å². The number of para-hydroxylation sites is 1. The first-order valence-corrected chi connectivity index (χ1v) is 9.54. The molecule has 4 rings (SSSR count). The number of aryl methyl sites for hydroxylation is 1. The average molecular weight is 352 g/mol. The van der Waals surface area contributed by atoms with Crippen molar-refractivity contribution in [2.75, 3.05) is 12.4 Å². The van der Waals surface area contributed by atoms with Crippen molar-refractivity contribution in [3.63, 3.8) is 0 Å². The fourth-order valence-corrected chi connectivity index (χ4v) is 3.69. The second kappa shape index (κ2) is 6.92. The van der Waals surface area contributed by atoms with Crippen LogP contribution in [-0.2, 0) is 0 Å². The zero-order chi connectivity index (χ0) is 17.2. The molecule has 25 heavy (non-hydrogen) atoms. The van der Waals surface area contributed by atoms with Crippen molar-refractivity contribution in [1.29, 1.82) is 0 Å². The minimum absolute atomic E-state index is 0.0788. The number of hydrogen-bond donors (Lipinski definition) is 0. The van der Waals surface area contributed by atoms with Crippen LogP contribution in [-0.4, -0.2) is 21.9 Å². The molecule has 0 aliphatic heterocycles. The summed E-state index contributed by atoms with van der Waals surface area (Å²) in [5.41, 5.74) is 2.07. The third kappa shape index (κ3) is 3.56. The highest BCUT2D eigenvalue weighted by atomic mass is 32.2. The van der Waals surface area contributed by atoms with Gasteiger partial charge in [0.15, 0.2) is 5.16 Å². The van der Waals surface area contributed by atoms with Crippen molar-refractivity contribution < 1.29 is 4.74 Å². The molecule has 5 heteroatoms. The summed E-state index contributed by atoms with van der Waals surface area (Å²) in [6.07, 6.45) is 2.13. The van der Waals surface area contributed by atoms with E-state index in [1.165, 1.54) is 5.56 Å². The van der Waals surface area contributed by atoms with Gasteiger partial charge < -0.3 is 4.74 Å². The van der Waals surface area contributed by atoms with Gasteiger partial charge in [0, 0.05) is 11.8 Å². The summed E-state index contributed by atoms with van der Waals surface area (Å²) in [6, 6.07) is 15.9. The highest BCUT2D eigenvalue weighted by molar-refractivity contribution is 7.99. The highest BCUT2D eigenvalue weighted by Gasteiger charge is 2.28. The second-order valence-electron chi connectivity index (χ2n) is 6.33. The van der Waals surface area contributed by atoms with E-state index >= 15 is 0 Å². The average Bonchev–Trinajstić information content (AvgIpc) is 3.45. The molecule has 0 saturated heterocycles. The maximum atomic E-state index is 12.8. The summed E-state index contributed by atoms with van der Waals surface area (Å²) in [7, 11) is 0. The van der Waals surface area contributed by atoms with Crippen LogP contribution in [0.3, 0.4) is 0 Å². The number of benzene rings is 2. The van der Waals surface area contributed by atoms with Crippen LogP contribution in [0.2, 0.25) is 0 Å². The molecule has 1 aromatic heterocycles. The fourth-order valence-electron chi connectivity index (χ4n) is 2.81. The Bertz CT molecular complexity index is 946. The lowest BCUT2D eigenvalue weighted by atomic mass is 10.2. The Morgan fingerprint density at radius 2 is 1.92 bits per heavy atom. The first-order chi connectivity index (χ1) is 12.2. The molecule has 0 amide bonds. The summed E-state index contributed by atoms with van der Waals surface area (Å²) >= 11 is 1.59. The van der Waals surface area contributed by atoms with Crippen LogP contribution < -0.4 is 10.3 Å². The van der Waals surface area contributed by atoms with E-state index in [-0.39, 0.29) is 5.56 Å². The lowest BCUT2D eigenvalue weighted by Gasteiger charge is -2.12. The van der Waals surface area contributed by atoms with Gasteiger partial charge in [0.05, 0.1) is 17.5 Å². The number of thioether (sulfide) groups is 1. The maximum Gasteiger partial charge on any atom is 0.262 e. The third-order valence-electron chi connectivity index (χ3n) is 4.29. The van der Waals surface area contributed by atoms with Gasteiger partial charge >= 0.3 is 0 Å². The standard InChI is InChI=1S/C20H20N2O2S/c1-14-6-10-16(11-7-14)24-12-13-25-20-21-18-5-3-2-4-17(18)19(23)22(20)15-8-9-15/h2-7,10-11,15H,8-9,12-13H2,1H3. The van der Waals surface area contributed by atoms with Crippen LogP contribution in [0.25, 0.3) is 10.9 Å². The van der Waals surface area contributed by atoms with Crippen LogP contribution in [0.4, 0.5) is 0 Å². The van der Waals surface area contributed by atoms with Crippen LogP contribution in [0.1, 0.15) is 24.4 Å².